The summed E-state index contributed by atoms with van der Waals surface area (Å²) in [6.45, 7) is 2.32. The standard InChI is InChI=1S/C14H21ClN2/c1-10-6-7-12(8-10)14(17-16)9-11-4-2-3-5-13(11)15/h2-5,10,12,14,17H,6-9,16H2,1H3. The Morgan fingerprint density at radius 2 is 2.18 bits per heavy atom. The first-order valence-electron chi connectivity index (χ1n) is 6.40. The lowest BCUT2D eigenvalue weighted by Crippen LogP contribution is -2.41. The Bertz CT molecular complexity index is 367. The summed E-state index contributed by atoms with van der Waals surface area (Å²) in [7, 11) is 0. The molecule has 0 amide bonds. The summed E-state index contributed by atoms with van der Waals surface area (Å²) in [5.41, 5.74) is 4.17. The van der Waals surface area contributed by atoms with Crippen molar-refractivity contribution in [3.05, 3.63) is 34.9 Å². The highest BCUT2D eigenvalue weighted by atomic mass is 35.5. The monoisotopic (exact) mass is 252 g/mol. The number of benzene rings is 1. The maximum Gasteiger partial charge on any atom is 0.0438 e. The van der Waals surface area contributed by atoms with Crippen molar-refractivity contribution in [2.24, 2.45) is 17.7 Å². The van der Waals surface area contributed by atoms with E-state index in [4.69, 9.17) is 17.4 Å². The molecule has 0 radical (unpaired) electrons. The molecule has 2 nitrogen and oxygen atoms in total. The van der Waals surface area contributed by atoms with Crippen LogP contribution in [0.4, 0.5) is 0 Å². The third-order valence-electron chi connectivity index (χ3n) is 3.92. The Morgan fingerprint density at radius 3 is 2.76 bits per heavy atom. The maximum atomic E-state index is 6.19. The second-order valence-electron chi connectivity index (χ2n) is 5.25. The predicted molar refractivity (Wildman–Crippen MR) is 72.8 cm³/mol. The van der Waals surface area contributed by atoms with Crippen molar-refractivity contribution in [2.45, 2.75) is 38.6 Å². The summed E-state index contributed by atoms with van der Waals surface area (Å²) in [5.74, 6) is 7.22. The van der Waals surface area contributed by atoms with Crippen molar-refractivity contribution in [3.8, 4) is 0 Å². The smallest absolute Gasteiger partial charge is 0.0438 e. The van der Waals surface area contributed by atoms with Crippen LogP contribution in [-0.4, -0.2) is 6.04 Å². The SMILES string of the molecule is CC1CCC(C(Cc2ccccc2Cl)NN)C1. The molecule has 3 N–H and O–H groups in total. The molecule has 94 valence electrons. The molecule has 1 fully saturated rings. The van der Waals surface area contributed by atoms with Crippen molar-refractivity contribution >= 4 is 11.6 Å². The van der Waals surface area contributed by atoms with Crippen LogP contribution in [0, 0.1) is 11.8 Å². The van der Waals surface area contributed by atoms with Crippen LogP contribution in [0.1, 0.15) is 31.7 Å². The molecule has 17 heavy (non-hydrogen) atoms. The van der Waals surface area contributed by atoms with Crippen LogP contribution < -0.4 is 11.3 Å². The molecular weight excluding hydrogens is 232 g/mol. The lowest BCUT2D eigenvalue weighted by Gasteiger charge is -2.23. The van der Waals surface area contributed by atoms with Crippen molar-refractivity contribution in [2.75, 3.05) is 0 Å². The van der Waals surface area contributed by atoms with Gasteiger partial charge in [0.25, 0.3) is 0 Å². The van der Waals surface area contributed by atoms with Crippen molar-refractivity contribution in [1.82, 2.24) is 5.43 Å². The van der Waals surface area contributed by atoms with Gasteiger partial charge >= 0.3 is 0 Å². The molecule has 3 heteroatoms. The van der Waals surface area contributed by atoms with E-state index in [-0.39, 0.29) is 0 Å². The van der Waals surface area contributed by atoms with Gasteiger partial charge in [-0.05, 0) is 42.7 Å². The summed E-state index contributed by atoms with van der Waals surface area (Å²) in [4.78, 5) is 0. The Labute approximate surface area is 109 Å². The summed E-state index contributed by atoms with van der Waals surface area (Å²) < 4.78 is 0. The van der Waals surface area contributed by atoms with E-state index in [2.05, 4.69) is 18.4 Å². The Hall–Kier alpha value is -0.570. The largest absolute Gasteiger partial charge is 0.271 e. The molecule has 3 unspecified atom stereocenters. The van der Waals surface area contributed by atoms with Gasteiger partial charge in [-0.15, -0.1) is 0 Å². The van der Waals surface area contributed by atoms with Gasteiger partial charge in [0, 0.05) is 11.1 Å². The van der Waals surface area contributed by atoms with Crippen LogP contribution >= 0.6 is 11.6 Å². The lowest BCUT2D eigenvalue weighted by molar-refractivity contribution is 0.353. The topological polar surface area (TPSA) is 38.0 Å². The third kappa shape index (κ3) is 3.21. The summed E-state index contributed by atoms with van der Waals surface area (Å²) >= 11 is 6.19. The molecule has 2 rings (SSSR count). The number of halogens is 1. The summed E-state index contributed by atoms with van der Waals surface area (Å²) in [5, 5.41) is 0.846. The molecule has 0 aromatic heterocycles. The maximum absolute atomic E-state index is 6.19. The normalized spacial score (nSPS) is 26.1. The molecule has 0 bridgehead atoms. The number of rotatable bonds is 4. The highest BCUT2D eigenvalue weighted by Gasteiger charge is 2.28. The Kier molecular flexibility index (Phi) is 4.43. The van der Waals surface area contributed by atoms with E-state index in [9.17, 15) is 0 Å². The van der Waals surface area contributed by atoms with Gasteiger partial charge in [0.2, 0.25) is 0 Å². The van der Waals surface area contributed by atoms with E-state index in [1.807, 2.05) is 18.2 Å². The zero-order valence-electron chi connectivity index (χ0n) is 10.3. The first-order valence-corrected chi connectivity index (χ1v) is 6.78. The molecule has 1 aromatic rings. The average molecular weight is 253 g/mol. The highest BCUT2D eigenvalue weighted by Crippen LogP contribution is 2.34. The fraction of sp³-hybridized carbons (Fsp3) is 0.571. The van der Waals surface area contributed by atoms with Crippen molar-refractivity contribution < 1.29 is 0 Å². The first-order chi connectivity index (χ1) is 8.20. The van der Waals surface area contributed by atoms with Crippen LogP contribution in [0.5, 0.6) is 0 Å². The van der Waals surface area contributed by atoms with Gasteiger partial charge in [0.05, 0.1) is 0 Å². The third-order valence-corrected chi connectivity index (χ3v) is 4.28. The number of hydrogen-bond acceptors (Lipinski definition) is 2. The number of hydrazine groups is 1. The molecule has 0 saturated heterocycles. The number of nitrogens with two attached hydrogens (primary N) is 1. The van der Waals surface area contributed by atoms with E-state index in [0.717, 1.165) is 17.4 Å². The van der Waals surface area contributed by atoms with Crippen LogP contribution in [0.25, 0.3) is 0 Å². The van der Waals surface area contributed by atoms with Gasteiger partial charge in [-0.2, -0.15) is 0 Å². The molecule has 1 aliphatic rings. The quantitative estimate of drug-likeness (QED) is 0.638. The fourth-order valence-corrected chi connectivity index (χ4v) is 3.09. The summed E-state index contributed by atoms with van der Waals surface area (Å²) in [6.07, 6.45) is 4.80. The summed E-state index contributed by atoms with van der Waals surface area (Å²) in [6, 6.07) is 8.38. The van der Waals surface area contributed by atoms with E-state index >= 15 is 0 Å². The lowest BCUT2D eigenvalue weighted by atomic mass is 9.92. The molecule has 1 aromatic carbocycles. The van der Waals surface area contributed by atoms with Crippen LogP contribution in [-0.2, 0) is 6.42 Å². The van der Waals surface area contributed by atoms with E-state index in [1.54, 1.807) is 0 Å². The second-order valence-corrected chi connectivity index (χ2v) is 5.65. The van der Waals surface area contributed by atoms with Crippen LogP contribution in [0.15, 0.2) is 24.3 Å². The van der Waals surface area contributed by atoms with Gasteiger partial charge < -0.3 is 0 Å². The second kappa shape index (κ2) is 5.85. The molecule has 3 atom stereocenters. The van der Waals surface area contributed by atoms with E-state index in [1.165, 1.54) is 24.8 Å². The molecule has 0 heterocycles. The van der Waals surface area contributed by atoms with Gasteiger partial charge in [-0.1, -0.05) is 43.1 Å². The number of nitrogens with one attached hydrogen (secondary N) is 1. The van der Waals surface area contributed by atoms with E-state index < -0.39 is 0 Å². The van der Waals surface area contributed by atoms with E-state index in [0.29, 0.717) is 12.0 Å². The molecule has 1 aliphatic carbocycles. The van der Waals surface area contributed by atoms with Crippen LogP contribution in [0.2, 0.25) is 5.02 Å². The van der Waals surface area contributed by atoms with Gasteiger partial charge in [-0.25, -0.2) is 0 Å². The van der Waals surface area contributed by atoms with Gasteiger partial charge in [0.15, 0.2) is 0 Å². The zero-order valence-corrected chi connectivity index (χ0v) is 11.1. The minimum Gasteiger partial charge on any atom is -0.271 e. The van der Waals surface area contributed by atoms with Gasteiger partial charge in [0.1, 0.15) is 0 Å². The first kappa shape index (κ1) is 12.9. The molecule has 0 spiro atoms. The predicted octanol–water partition coefficient (Wildman–Crippen LogP) is 3.15. The van der Waals surface area contributed by atoms with Crippen LogP contribution in [0.3, 0.4) is 0 Å². The van der Waals surface area contributed by atoms with Gasteiger partial charge in [-0.3, -0.25) is 11.3 Å². The highest BCUT2D eigenvalue weighted by molar-refractivity contribution is 6.31. The van der Waals surface area contributed by atoms with Crippen molar-refractivity contribution in [1.29, 1.82) is 0 Å². The molecular formula is C14H21ClN2. The molecule has 0 aliphatic heterocycles. The van der Waals surface area contributed by atoms with Crippen molar-refractivity contribution in [3.63, 3.8) is 0 Å². The fourth-order valence-electron chi connectivity index (χ4n) is 2.88. The zero-order chi connectivity index (χ0) is 12.3. The Morgan fingerprint density at radius 1 is 1.41 bits per heavy atom. The average Bonchev–Trinajstić information content (AvgIpc) is 2.75. The number of hydrogen-bond donors (Lipinski definition) is 2. The minimum absolute atomic E-state index is 0.347. The Balaban J connectivity index is 2.03. The molecule has 1 saturated carbocycles. The minimum atomic E-state index is 0.347.